The molecule has 0 spiro atoms. The molecule has 1 aromatic carbocycles. The van der Waals surface area contributed by atoms with Crippen LogP contribution in [-0.2, 0) is 12.8 Å². The van der Waals surface area contributed by atoms with Gasteiger partial charge in [-0.15, -0.1) is 0 Å². The molecule has 180 valence electrons. The first kappa shape index (κ1) is 23.6. The Morgan fingerprint density at radius 2 is 1.88 bits per heavy atom. The molecule has 0 unspecified atom stereocenters. The fourth-order valence-electron chi connectivity index (χ4n) is 3.89. The fraction of sp³-hybridized carbons (Fsp3) is 0.375. The minimum absolute atomic E-state index is 0.156. The summed E-state index contributed by atoms with van der Waals surface area (Å²) in [6.07, 6.45) is -2.92. The maximum atomic E-state index is 13.3. The molecule has 3 aromatic rings. The molecule has 1 amide bonds. The Hall–Kier alpha value is -3.56. The highest BCUT2D eigenvalue weighted by molar-refractivity contribution is 5.97. The van der Waals surface area contributed by atoms with Gasteiger partial charge >= 0.3 is 6.18 Å². The molecule has 34 heavy (non-hydrogen) atoms. The van der Waals surface area contributed by atoms with Crippen molar-refractivity contribution < 1.29 is 27.2 Å². The maximum absolute atomic E-state index is 13.3. The van der Waals surface area contributed by atoms with Crippen molar-refractivity contribution in [2.24, 2.45) is 0 Å². The molecule has 10 heteroatoms. The van der Waals surface area contributed by atoms with E-state index in [9.17, 15) is 18.0 Å². The molecule has 1 saturated heterocycles. The van der Waals surface area contributed by atoms with E-state index >= 15 is 0 Å². The summed E-state index contributed by atoms with van der Waals surface area (Å²) in [6.45, 7) is 5.87. The van der Waals surface area contributed by atoms with E-state index in [1.54, 1.807) is 29.2 Å². The van der Waals surface area contributed by atoms with E-state index in [1.165, 1.54) is 6.07 Å². The number of carbonyl (C=O) groups is 1. The lowest BCUT2D eigenvalue weighted by Gasteiger charge is -2.23. The number of alkyl halides is 3. The van der Waals surface area contributed by atoms with E-state index in [-0.39, 0.29) is 12.5 Å². The second-order valence-corrected chi connectivity index (χ2v) is 8.12. The summed E-state index contributed by atoms with van der Waals surface area (Å²) in [5, 5.41) is 3.92. The van der Waals surface area contributed by atoms with Gasteiger partial charge in [0.25, 0.3) is 5.91 Å². The Morgan fingerprint density at radius 3 is 2.56 bits per heavy atom. The van der Waals surface area contributed by atoms with E-state index in [1.807, 2.05) is 18.7 Å². The topological polar surface area (TPSA) is 71.7 Å². The number of rotatable bonds is 5. The third kappa shape index (κ3) is 5.16. The Kier molecular flexibility index (Phi) is 6.76. The van der Waals surface area contributed by atoms with E-state index in [0.717, 1.165) is 23.5 Å². The smallest absolute Gasteiger partial charge is 0.417 e. The molecule has 2 aromatic heterocycles. The predicted octanol–water partition coefficient (Wildman–Crippen LogP) is 4.64. The van der Waals surface area contributed by atoms with E-state index in [4.69, 9.17) is 9.26 Å². The van der Waals surface area contributed by atoms with Crippen molar-refractivity contribution in [3.05, 3.63) is 70.7 Å². The number of hydrogen-bond acceptors (Lipinski definition) is 6. The summed E-state index contributed by atoms with van der Waals surface area (Å²) in [5.74, 6) is 1.45. The third-order valence-corrected chi connectivity index (χ3v) is 5.85. The second kappa shape index (κ2) is 9.74. The zero-order valence-corrected chi connectivity index (χ0v) is 18.9. The Morgan fingerprint density at radius 1 is 1.09 bits per heavy atom. The molecule has 7 nitrogen and oxygen atoms in total. The van der Waals surface area contributed by atoms with Crippen LogP contribution in [0.1, 0.15) is 39.4 Å². The number of para-hydroxylation sites is 1. The van der Waals surface area contributed by atoms with E-state index in [0.29, 0.717) is 55.5 Å². The molecule has 3 heterocycles. The highest BCUT2D eigenvalue weighted by Gasteiger charge is 2.31. The van der Waals surface area contributed by atoms with Crippen LogP contribution >= 0.6 is 0 Å². The average molecular weight is 474 g/mol. The van der Waals surface area contributed by atoms with Gasteiger partial charge in [0.15, 0.2) is 0 Å². The number of pyridine rings is 1. The number of anilines is 1. The van der Waals surface area contributed by atoms with Crippen LogP contribution in [0.4, 0.5) is 19.0 Å². The van der Waals surface area contributed by atoms with E-state index < -0.39 is 11.7 Å². The third-order valence-electron chi connectivity index (χ3n) is 5.85. The lowest BCUT2D eigenvalue weighted by atomic mass is 10.1. The van der Waals surface area contributed by atoms with Gasteiger partial charge in [-0.3, -0.25) is 4.79 Å². The molecule has 1 aliphatic heterocycles. The molecule has 1 aliphatic rings. The Bertz CT molecular complexity index is 1130. The molecule has 0 bridgehead atoms. The zero-order chi connectivity index (χ0) is 24.3. The average Bonchev–Trinajstić information content (AvgIpc) is 3.01. The van der Waals surface area contributed by atoms with Crippen LogP contribution in [0.3, 0.4) is 0 Å². The summed E-state index contributed by atoms with van der Waals surface area (Å²) in [7, 11) is 0. The number of nitrogens with zero attached hydrogens (tertiary/aromatic N) is 4. The number of benzene rings is 1. The monoisotopic (exact) mass is 474 g/mol. The first-order valence-corrected chi connectivity index (χ1v) is 10.9. The lowest BCUT2D eigenvalue weighted by Crippen LogP contribution is -2.35. The fourth-order valence-corrected chi connectivity index (χ4v) is 3.89. The van der Waals surface area contributed by atoms with Gasteiger partial charge in [-0.25, -0.2) is 4.98 Å². The normalized spacial score (nSPS) is 14.7. The zero-order valence-electron chi connectivity index (χ0n) is 18.9. The summed E-state index contributed by atoms with van der Waals surface area (Å²) in [5.41, 5.74) is 1.26. The van der Waals surface area contributed by atoms with Crippen molar-refractivity contribution >= 4 is 11.7 Å². The number of halogens is 3. The highest BCUT2D eigenvalue weighted by Crippen LogP contribution is 2.30. The van der Waals surface area contributed by atoms with Gasteiger partial charge in [0.1, 0.15) is 23.9 Å². The second-order valence-electron chi connectivity index (χ2n) is 8.12. The lowest BCUT2D eigenvalue weighted by molar-refractivity contribution is -0.137. The number of aryl methyl sites for hydroxylation is 2. The maximum Gasteiger partial charge on any atom is 0.417 e. The number of ether oxygens (including phenoxy) is 1. The van der Waals surface area contributed by atoms with Crippen molar-refractivity contribution in [3.63, 3.8) is 0 Å². The molecule has 0 saturated carbocycles. The standard InChI is InChI=1S/C24H25F3N4O3/c1-16-20(17(2)34-29-16)15-33-21-7-4-3-6-19(21)23(32)31-11-5-10-30(12-13-31)22-9-8-18(14-28-22)24(25,26)27/h3-4,6-9,14H,5,10-13,15H2,1-2H3. The minimum Gasteiger partial charge on any atom is -0.488 e. The quantitative estimate of drug-likeness (QED) is 0.537. The highest BCUT2D eigenvalue weighted by atomic mass is 19.4. The van der Waals surface area contributed by atoms with Crippen LogP contribution in [0.25, 0.3) is 0 Å². The minimum atomic E-state index is -4.42. The largest absolute Gasteiger partial charge is 0.488 e. The van der Waals surface area contributed by atoms with Crippen molar-refractivity contribution in [2.45, 2.75) is 33.1 Å². The van der Waals surface area contributed by atoms with Crippen LogP contribution < -0.4 is 9.64 Å². The Labute approximate surface area is 195 Å². The van der Waals surface area contributed by atoms with Gasteiger partial charge < -0.3 is 19.1 Å². The van der Waals surface area contributed by atoms with Crippen LogP contribution in [0.2, 0.25) is 0 Å². The molecule has 1 fully saturated rings. The first-order chi connectivity index (χ1) is 16.2. The van der Waals surface area contributed by atoms with Crippen LogP contribution in [-0.4, -0.2) is 47.1 Å². The summed E-state index contributed by atoms with van der Waals surface area (Å²) in [4.78, 5) is 20.9. The van der Waals surface area contributed by atoms with Gasteiger partial charge in [-0.2, -0.15) is 13.2 Å². The molecular weight excluding hydrogens is 449 g/mol. The van der Waals surface area contributed by atoms with Crippen molar-refractivity contribution in [3.8, 4) is 5.75 Å². The number of carbonyl (C=O) groups excluding carboxylic acids is 1. The molecule has 0 N–H and O–H groups in total. The van der Waals surface area contributed by atoms with Gasteiger partial charge in [0.05, 0.1) is 22.4 Å². The van der Waals surface area contributed by atoms with E-state index in [2.05, 4.69) is 10.1 Å². The molecule has 0 aliphatic carbocycles. The summed E-state index contributed by atoms with van der Waals surface area (Å²) < 4.78 is 49.6. The van der Waals surface area contributed by atoms with Crippen molar-refractivity contribution in [1.29, 1.82) is 0 Å². The Balaban J connectivity index is 1.43. The van der Waals surface area contributed by atoms with Crippen molar-refractivity contribution in [2.75, 3.05) is 31.1 Å². The summed E-state index contributed by atoms with van der Waals surface area (Å²) in [6, 6.07) is 9.47. The van der Waals surface area contributed by atoms with Crippen LogP contribution in [0.5, 0.6) is 5.75 Å². The number of amides is 1. The predicted molar refractivity (Wildman–Crippen MR) is 119 cm³/mol. The van der Waals surface area contributed by atoms with Crippen LogP contribution in [0, 0.1) is 13.8 Å². The van der Waals surface area contributed by atoms with Gasteiger partial charge in [-0.05, 0) is 44.5 Å². The molecular formula is C24H25F3N4O3. The number of aromatic nitrogens is 2. The molecule has 0 radical (unpaired) electrons. The molecule has 0 atom stereocenters. The van der Waals surface area contributed by atoms with Gasteiger partial charge in [0.2, 0.25) is 0 Å². The number of hydrogen-bond donors (Lipinski definition) is 0. The first-order valence-electron chi connectivity index (χ1n) is 10.9. The summed E-state index contributed by atoms with van der Waals surface area (Å²) >= 11 is 0. The van der Waals surface area contributed by atoms with Gasteiger partial charge in [-0.1, -0.05) is 17.3 Å². The van der Waals surface area contributed by atoms with Gasteiger partial charge in [0, 0.05) is 32.4 Å². The SMILES string of the molecule is Cc1noc(C)c1COc1ccccc1C(=O)N1CCCN(c2ccc(C(F)(F)F)cn2)CC1. The molecule has 4 rings (SSSR count). The van der Waals surface area contributed by atoms with Crippen LogP contribution in [0.15, 0.2) is 47.1 Å². The van der Waals surface area contributed by atoms with Crippen molar-refractivity contribution in [1.82, 2.24) is 15.0 Å².